The molecule has 0 fully saturated rings. The summed E-state index contributed by atoms with van der Waals surface area (Å²) >= 11 is 0. The van der Waals surface area contributed by atoms with E-state index in [0.717, 1.165) is 5.56 Å². The Hall–Kier alpha value is -0.810. The van der Waals surface area contributed by atoms with Gasteiger partial charge in [0.05, 0.1) is 0 Å². The third-order valence-electron chi connectivity index (χ3n) is 1.68. The molecule has 1 N–H and O–H groups in total. The minimum atomic E-state index is -0.405. The summed E-state index contributed by atoms with van der Waals surface area (Å²) < 4.78 is 4.92. The third kappa shape index (κ3) is 4.48. The van der Waals surface area contributed by atoms with Crippen molar-refractivity contribution in [3.8, 4) is 0 Å². The zero-order chi connectivity index (χ0) is 11.1. The normalized spacial score (nSPS) is 9.73. The summed E-state index contributed by atoms with van der Waals surface area (Å²) in [6, 6.07) is 7.95. The second-order valence-electron chi connectivity index (χ2n) is 2.72. The number of hydrogen-bond acceptors (Lipinski definition) is 4. The van der Waals surface area contributed by atoms with Crippen molar-refractivity contribution in [3.63, 3.8) is 0 Å². The first-order valence-corrected chi connectivity index (χ1v) is 6.96. The number of carbonyl (C=O) groups excluding carboxylic acids is 1. The first kappa shape index (κ1) is 12.3. The number of carbonyl (C=O) groups is 1. The Bertz CT molecular complexity index is 314. The van der Waals surface area contributed by atoms with E-state index in [0.29, 0.717) is 6.61 Å². The summed E-state index contributed by atoms with van der Waals surface area (Å²) in [5.41, 5.74) is 0.990. The van der Waals surface area contributed by atoms with Crippen LogP contribution in [-0.2, 0) is 11.3 Å². The first-order chi connectivity index (χ1) is 7.26. The average molecular weight is 243 g/mol. The van der Waals surface area contributed by atoms with Crippen molar-refractivity contribution < 1.29 is 9.53 Å². The maximum atomic E-state index is 10.8. The Morgan fingerprint density at radius 1 is 1.40 bits per heavy atom. The Kier molecular flexibility index (Phi) is 5.42. The van der Waals surface area contributed by atoms with E-state index >= 15 is 0 Å². The number of hydrogen-bond donors (Lipinski definition) is 1. The van der Waals surface area contributed by atoms with Crippen molar-refractivity contribution in [3.05, 3.63) is 29.8 Å². The molecule has 3 nitrogen and oxygen atoms in total. The number of nitrogens with one attached hydrogen (secondary N) is 1. The van der Waals surface area contributed by atoms with Gasteiger partial charge in [0, 0.05) is 11.9 Å². The number of amides is 1. The van der Waals surface area contributed by atoms with Gasteiger partial charge < -0.3 is 10.1 Å². The molecule has 82 valence electrons. The molecule has 0 radical (unpaired) electrons. The molecule has 0 unspecified atom stereocenters. The fourth-order valence-corrected chi connectivity index (χ4v) is 2.31. The molecule has 0 bridgehead atoms. The van der Waals surface area contributed by atoms with Gasteiger partial charge in [-0.1, -0.05) is 33.7 Å². The molecule has 0 spiro atoms. The van der Waals surface area contributed by atoms with Crippen molar-refractivity contribution in [1.29, 1.82) is 0 Å². The van der Waals surface area contributed by atoms with Crippen LogP contribution in [0.3, 0.4) is 0 Å². The molecule has 1 rings (SSSR count). The van der Waals surface area contributed by atoms with Gasteiger partial charge in [0.25, 0.3) is 0 Å². The van der Waals surface area contributed by atoms with Crippen LogP contribution in [0.1, 0.15) is 5.56 Å². The summed E-state index contributed by atoms with van der Waals surface area (Å²) in [7, 11) is 4.96. The number of ether oxygens (including phenoxy) is 1. The molecule has 0 aliphatic carbocycles. The lowest BCUT2D eigenvalue weighted by Crippen LogP contribution is -2.18. The first-order valence-electron chi connectivity index (χ1n) is 4.40. The molecule has 0 aliphatic heterocycles. The van der Waals surface area contributed by atoms with Crippen LogP contribution >= 0.6 is 21.6 Å². The molecule has 15 heavy (non-hydrogen) atoms. The van der Waals surface area contributed by atoms with Crippen molar-refractivity contribution >= 4 is 27.7 Å². The Labute approximate surface area is 97.4 Å². The van der Waals surface area contributed by atoms with Crippen molar-refractivity contribution in [1.82, 2.24) is 5.32 Å². The zero-order valence-corrected chi connectivity index (χ0v) is 10.3. The van der Waals surface area contributed by atoms with Gasteiger partial charge in [0.2, 0.25) is 0 Å². The second kappa shape index (κ2) is 6.63. The van der Waals surface area contributed by atoms with Crippen LogP contribution in [0.25, 0.3) is 0 Å². The maximum absolute atomic E-state index is 10.8. The van der Waals surface area contributed by atoms with Crippen LogP contribution in [0.2, 0.25) is 0 Å². The smallest absolute Gasteiger partial charge is 0.407 e. The second-order valence-corrected chi connectivity index (χ2v) is 5.19. The highest BCUT2D eigenvalue weighted by atomic mass is 33.1. The van der Waals surface area contributed by atoms with Gasteiger partial charge in [-0.15, -0.1) is 0 Å². The van der Waals surface area contributed by atoms with Crippen LogP contribution in [0.5, 0.6) is 0 Å². The van der Waals surface area contributed by atoms with Crippen molar-refractivity contribution in [2.24, 2.45) is 0 Å². The molecule has 0 saturated heterocycles. The molecule has 5 heteroatoms. The molecule has 1 aromatic rings. The Morgan fingerprint density at radius 2 is 2.07 bits per heavy atom. The van der Waals surface area contributed by atoms with E-state index in [4.69, 9.17) is 4.74 Å². The molecule has 0 heterocycles. The molecular weight excluding hydrogens is 230 g/mol. The molecule has 1 amide bonds. The van der Waals surface area contributed by atoms with Gasteiger partial charge in [-0.3, -0.25) is 0 Å². The number of rotatable bonds is 4. The topological polar surface area (TPSA) is 38.3 Å². The Morgan fingerprint density at radius 3 is 2.60 bits per heavy atom. The summed E-state index contributed by atoms with van der Waals surface area (Å²) in [6.07, 6.45) is 1.63. The van der Waals surface area contributed by atoms with Crippen LogP contribution in [0.15, 0.2) is 29.2 Å². The highest BCUT2D eigenvalue weighted by molar-refractivity contribution is 8.76. The highest BCUT2D eigenvalue weighted by Crippen LogP contribution is 2.28. The van der Waals surface area contributed by atoms with Crippen molar-refractivity contribution in [2.75, 3.05) is 13.3 Å². The van der Waals surface area contributed by atoms with Gasteiger partial charge in [0.15, 0.2) is 0 Å². The van der Waals surface area contributed by atoms with Crippen LogP contribution in [0, 0.1) is 0 Å². The van der Waals surface area contributed by atoms with E-state index in [2.05, 4.69) is 5.32 Å². The van der Waals surface area contributed by atoms with Crippen LogP contribution < -0.4 is 5.32 Å². The van der Waals surface area contributed by atoms with Crippen LogP contribution in [0.4, 0.5) is 4.79 Å². The van der Waals surface area contributed by atoms with Gasteiger partial charge in [-0.05, 0) is 24.0 Å². The molecule has 1 aromatic carbocycles. The zero-order valence-electron chi connectivity index (χ0n) is 8.65. The summed E-state index contributed by atoms with van der Waals surface area (Å²) in [5.74, 6) is 0. The molecule has 0 aromatic heterocycles. The van der Waals surface area contributed by atoms with Gasteiger partial charge in [-0.25, -0.2) is 4.79 Å². The number of benzene rings is 1. The number of alkyl carbamates (subject to hydrolysis) is 1. The predicted molar refractivity (Wildman–Crippen MR) is 65.1 cm³/mol. The monoisotopic (exact) mass is 243 g/mol. The quantitative estimate of drug-likeness (QED) is 0.825. The van der Waals surface area contributed by atoms with E-state index in [1.807, 2.05) is 30.5 Å². The maximum Gasteiger partial charge on any atom is 0.407 e. The van der Waals surface area contributed by atoms with E-state index in [9.17, 15) is 4.79 Å². The lowest BCUT2D eigenvalue weighted by Gasteiger charge is -2.04. The van der Waals surface area contributed by atoms with Gasteiger partial charge >= 0.3 is 6.09 Å². The minimum absolute atomic E-state index is 0.309. The predicted octanol–water partition coefficient (Wildman–Crippen LogP) is 2.91. The molecular formula is C10H13NO2S2. The fraction of sp³-hybridized carbons (Fsp3) is 0.300. The van der Waals surface area contributed by atoms with E-state index in [-0.39, 0.29) is 0 Å². The molecule has 0 saturated carbocycles. The SMILES string of the molecule is CNC(=O)OCc1ccc(SSC)cc1. The van der Waals surface area contributed by atoms with E-state index in [1.165, 1.54) is 4.90 Å². The van der Waals surface area contributed by atoms with E-state index < -0.39 is 6.09 Å². The standard InChI is InChI=1S/C10H13NO2S2/c1-11-10(12)13-7-8-3-5-9(6-4-8)15-14-2/h3-6H,7H2,1-2H3,(H,11,12). The minimum Gasteiger partial charge on any atom is -0.445 e. The molecule has 0 atom stereocenters. The fourth-order valence-electron chi connectivity index (χ4n) is 0.959. The third-order valence-corrected chi connectivity index (χ3v) is 3.39. The molecule has 0 aliphatic rings. The van der Waals surface area contributed by atoms with E-state index in [1.54, 1.807) is 28.6 Å². The average Bonchev–Trinajstić information content (AvgIpc) is 2.28. The Balaban J connectivity index is 2.45. The lowest BCUT2D eigenvalue weighted by molar-refractivity contribution is 0.142. The van der Waals surface area contributed by atoms with Gasteiger partial charge in [-0.2, -0.15) is 0 Å². The van der Waals surface area contributed by atoms with Gasteiger partial charge in [0.1, 0.15) is 6.61 Å². The van der Waals surface area contributed by atoms with Crippen molar-refractivity contribution in [2.45, 2.75) is 11.5 Å². The summed E-state index contributed by atoms with van der Waals surface area (Å²) in [4.78, 5) is 12.0. The highest BCUT2D eigenvalue weighted by Gasteiger charge is 1.99. The summed E-state index contributed by atoms with van der Waals surface area (Å²) in [5, 5.41) is 2.40. The van der Waals surface area contributed by atoms with Crippen LogP contribution in [-0.4, -0.2) is 19.4 Å². The largest absolute Gasteiger partial charge is 0.445 e. The lowest BCUT2D eigenvalue weighted by atomic mass is 10.2. The summed E-state index contributed by atoms with van der Waals surface area (Å²) in [6.45, 7) is 0.309.